The van der Waals surface area contributed by atoms with Gasteiger partial charge >= 0.3 is 5.97 Å². The van der Waals surface area contributed by atoms with Crippen LogP contribution in [0.2, 0.25) is 0 Å². The van der Waals surface area contributed by atoms with Crippen LogP contribution in [-0.4, -0.2) is 18.6 Å². The van der Waals surface area contributed by atoms with Gasteiger partial charge in [-0.25, -0.2) is 4.79 Å². The maximum atomic E-state index is 10.8. The molecule has 13 heavy (non-hydrogen) atoms. The van der Waals surface area contributed by atoms with Gasteiger partial charge in [0.2, 0.25) is 0 Å². The summed E-state index contributed by atoms with van der Waals surface area (Å²) in [5.41, 5.74) is 5.63. The molecule has 0 aromatic heterocycles. The number of esters is 1. The number of carbonyl (C=O) groups is 1. The van der Waals surface area contributed by atoms with Gasteiger partial charge in [0.05, 0.1) is 6.61 Å². The van der Waals surface area contributed by atoms with E-state index in [9.17, 15) is 4.79 Å². The van der Waals surface area contributed by atoms with Crippen molar-refractivity contribution in [1.29, 1.82) is 0 Å². The lowest BCUT2D eigenvalue weighted by atomic mass is 10.1. The maximum Gasteiger partial charge on any atom is 0.330 e. The quantitative estimate of drug-likeness (QED) is 0.551. The van der Waals surface area contributed by atoms with E-state index in [2.05, 4.69) is 0 Å². The number of hydrogen-bond acceptors (Lipinski definition) is 3. The first kappa shape index (κ1) is 15.0. The summed E-state index contributed by atoms with van der Waals surface area (Å²) in [5, 5.41) is 0. The van der Waals surface area contributed by atoms with Crippen LogP contribution in [0.15, 0.2) is 12.2 Å². The highest BCUT2D eigenvalue weighted by Gasteiger charge is 1.96. The van der Waals surface area contributed by atoms with E-state index in [1.807, 2.05) is 6.92 Å². The summed E-state index contributed by atoms with van der Waals surface area (Å²) in [5.74, 6) is -0.291. The van der Waals surface area contributed by atoms with Crippen LogP contribution in [0.3, 0.4) is 0 Å². The fourth-order valence-corrected chi connectivity index (χ4v) is 0.696. The topological polar surface area (TPSA) is 52.3 Å². The Morgan fingerprint density at radius 1 is 1.54 bits per heavy atom. The minimum Gasteiger partial charge on any atom is -0.463 e. The van der Waals surface area contributed by atoms with E-state index in [0.29, 0.717) is 6.61 Å². The van der Waals surface area contributed by atoms with E-state index in [1.54, 1.807) is 13.0 Å². The van der Waals surface area contributed by atoms with E-state index in [4.69, 9.17) is 10.5 Å². The lowest BCUT2D eigenvalue weighted by Crippen LogP contribution is -2.17. The van der Waals surface area contributed by atoms with Crippen molar-refractivity contribution < 1.29 is 9.53 Å². The summed E-state index contributed by atoms with van der Waals surface area (Å²) in [6.45, 7) is 4.22. The van der Waals surface area contributed by atoms with Gasteiger partial charge in [-0.05, 0) is 19.8 Å². The molecule has 0 fully saturated rings. The van der Waals surface area contributed by atoms with Crippen LogP contribution in [0.25, 0.3) is 0 Å². The molecular formula is C9H18ClNO2. The molecule has 1 atom stereocenters. The molecule has 0 rings (SSSR count). The Morgan fingerprint density at radius 3 is 2.62 bits per heavy atom. The van der Waals surface area contributed by atoms with E-state index < -0.39 is 0 Å². The molecular weight excluding hydrogens is 190 g/mol. The summed E-state index contributed by atoms with van der Waals surface area (Å²) >= 11 is 0. The van der Waals surface area contributed by atoms with Crippen molar-refractivity contribution in [2.24, 2.45) is 5.73 Å². The van der Waals surface area contributed by atoms with Crippen molar-refractivity contribution >= 4 is 18.4 Å². The number of rotatable bonds is 5. The largest absolute Gasteiger partial charge is 0.463 e. The molecule has 0 bridgehead atoms. The lowest BCUT2D eigenvalue weighted by Gasteiger charge is -2.02. The molecule has 0 aliphatic carbocycles. The molecule has 2 N–H and O–H groups in total. The number of nitrogens with two attached hydrogens (primary N) is 1. The van der Waals surface area contributed by atoms with Gasteiger partial charge in [-0.3, -0.25) is 0 Å². The highest BCUT2D eigenvalue weighted by Crippen LogP contribution is 1.94. The van der Waals surface area contributed by atoms with E-state index in [-0.39, 0.29) is 24.4 Å². The lowest BCUT2D eigenvalue weighted by molar-refractivity contribution is -0.137. The molecule has 1 unspecified atom stereocenters. The third kappa shape index (κ3) is 9.37. The molecule has 0 saturated carbocycles. The van der Waals surface area contributed by atoms with Crippen LogP contribution in [0.5, 0.6) is 0 Å². The smallest absolute Gasteiger partial charge is 0.330 e. The second kappa shape index (κ2) is 9.55. The van der Waals surface area contributed by atoms with Crippen molar-refractivity contribution in [2.45, 2.75) is 32.7 Å². The zero-order valence-electron chi connectivity index (χ0n) is 8.16. The summed E-state index contributed by atoms with van der Waals surface area (Å²) in [6, 6.07) is 0.149. The molecule has 78 valence electrons. The molecule has 0 aliphatic heterocycles. The Labute approximate surface area is 85.7 Å². The van der Waals surface area contributed by atoms with Gasteiger partial charge in [-0.2, -0.15) is 0 Å². The van der Waals surface area contributed by atoms with Gasteiger partial charge < -0.3 is 10.5 Å². The molecule has 4 heteroatoms. The van der Waals surface area contributed by atoms with Crippen LogP contribution in [0.1, 0.15) is 26.7 Å². The minimum atomic E-state index is -0.291. The third-order valence-electron chi connectivity index (χ3n) is 1.50. The Hall–Kier alpha value is -0.540. The zero-order valence-corrected chi connectivity index (χ0v) is 8.97. The van der Waals surface area contributed by atoms with E-state index >= 15 is 0 Å². The summed E-state index contributed by atoms with van der Waals surface area (Å²) in [7, 11) is 0. The first-order chi connectivity index (χ1) is 5.70. The van der Waals surface area contributed by atoms with Gasteiger partial charge in [0, 0.05) is 12.1 Å². The Balaban J connectivity index is 0. The Bertz CT molecular complexity index is 160. The molecule has 0 amide bonds. The maximum absolute atomic E-state index is 10.8. The van der Waals surface area contributed by atoms with Crippen LogP contribution in [0, 0.1) is 0 Å². The average molecular weight is 208 g/mol. The van der Waals surface area contributed by atoms with Crippen molar-refractivity contribution in [2.75, 3.05) is 6.61 Å². The minimum absolute atomic E-state index is 0. The predicted octanol–water partition coefficient (Wildman–Crippen LogP) is 1.65. The second-order valence-corrected chi connectivity index (χ2v) is 2.56. The van der Waals surface area contributed by atoms with Crippen LogP contribution < -0.4 is 5.73 Å². The number of halogens is 1. The first-order valence-electron chi connectivity index (χ1n) is 4.29. The highest BCUT2D eigenvalue weighted by atomic mass is 35.5. The predicted molar refractivity (Wildman–Crippen MR) is 55.9 cm³/mol. The standard InChI is InChI=1S/C9H17NO2.ClH/c1-3-8(10)6-5-7-9(11)12-4-2;/h5,7-8H,3-4,6,10H2,1-2H3;1H/b7-5+;. The van der Waals surface area contributed by atoms with Gasteiger partial charge in [0.1, 0.15) is 0 Å². The third-order valence-corrected chi connectivity index (χ3v) is 1.50. The Morgan fingerprint density at radius 2 is 2.15 bits per heavy atom. The average Bonchev–Trinajstić information content (AvgIpc) is 2.04. The molecule has 0 aromatic carbocycles. The SMILES string of the molecule is CCOC(=O)/C=C/CC(N)CC.Cl. The molecule has 0 spiro atoms. The van der Waals surface area contributed by atoms with Crippen LogP contribution in [-0.2, 0) is 9.53 Å². The number of carbonyl (C=O) groups excluding carboxylic acids is 1. The number of ether oxygens (including phenoxy) is 1. The normalized spacial score (nSPS) is 12.2. The second-order valence-electron chi connectivity index (χ2n) is 2.56. The van der Waals surface area contributed by atoms with E-state index in [0.717, 1.165) is 12.8 Å². The Kier molecular flexibility index (Phi) is 11.0. The van der Waals surface area contributed by atoms with E-state index in [1.165, 1.54) is 6.08 Å². The van der Waals surface area contributed by atoms with Gasteiger partial charge in [-0.15, -0.1) is 12.4 Å². The summed E-state index contributed by atoms with van der Waals surface area (Å²) < 4.78 is 4.69. The fraction of sp³-hybridized carbons (Fsp3) is 0.667. The molecule has 0 radical (unpaired) electrons. The van der Waals surface area contributed by atoms with Crippen molar-refractivity contribution in [1.82, 2.24) is 0 Å². The van der Waals surface area contributed by atoms with Crippen LogP contribution in [0.4, 0.5) is 0 Å². The molecule has 3 nitrogen and oxygen atoms in total. The molecule has 0 aromatic rings. The van der Waals surface area contributed by atoms with Gasteiger partial charge in [0.15, 0.2) is 0 Å². The fourth-order valence-electron chi connectivity index (χ4n) is 0.696. The van der Waals surface area contributed by atoms with Gasteiger partial charge in [-0.1, -0.05) is 13.0 Å². The van der Waals surface area contributed by atoms with Crippen molar-refractivity contribution in [3.05, 3.63) is 12.2 Å². The first-order valence-corrected chi connectivity index (χ1v) is 4.29. The van der Waals surface area contributed by atoms with Gasteiger partial charge in [0.25, 0.3) is 0 Å². The zero-order chi connectivity index (χ0) is 9.40. The van der Waals surface area contributed by atoms with Crippen molar-refractivity contribution in [3.8, 4) is 0 Å². The summed E-state index contributed by atoms with van der Waals surface area (Å²) in [4.78, 5) is 10.8. The number of hydrogen-bond donors (Lipinski definition) is 1. The molecule has 0 heterocycles. The highest BCUT2D eigenvalue weighted by molar-refractivity contribution is 5.85. The molecule has 0 saturated heterocycles. The summed E-state index contributed by atoms with van der Waals surface area (Å²) in [6.07, 6.45) is 4.84. The van der Waals surface area contributed by atoms with Crippen molar-refractivity contribution in [3.63, 3.8) is 0 Å². The molecule has 0 aliphatic rings. The van der Waals surface area contributed by atoms with Crippen LogP contribution >= 0.6 is 12.4 Å². The monoisotopic (exact) mass is 207 g/mol.